The second-order valence-corrected chi connectivity index (χ2v) is 3.19. The van der Waals surface area contributed by atoms with Gasteiger partial charge in [0.1, 0.15) is 5.82 Å². The number of carboxylic acids is 1. The summed E-state index contributed by atoms with van der Waals surface area (Å²) in [6.07, 6.45) is 0. The largest absolute Gasteiger partial charge is 0.475 e. The second kappa shape index (κ2) is 3.73. The number of nitrogens with zero attached hydrogens (tertiary/aromatic N) is 3. The summed E-state index contributed by atoms with van der Waals surface area (Å²) in [4.78, 5) is 14.6. The first-order chi connectivity index (χ1) is 7.58. The van der Waals surface area contributed by atoms with E-state index in [1.165, 1.54) is 36.0 Å². The van der Waals surface area contributed by atoms with Gasteiger partial charge in [0.2, 0.25) is 5.82 Å². The maximum atomic E-state index is 12.7. The summed E-state index contributed by atoms with van der Waals surface area (Å²) in [6.45, 7) is 0. The molecule has 82 valence electrons. The molecule has 5 nitrogen and oxygen atoms in total. The van der Waals surface area contributed by atoms with Gasteiger partial charge >= 0.3 is 5.97 Å². The van der Waals surface area contributed by atoms with Gasteiger partial charge in [-0.25, -0.2) is 18.9 Å². The van der Waals surface area contributed by atoms with Crippen molar-refractivity contribution in [3.63, 3.8) is 0 Å². The van der Waals surface area contributed by atoms with Crippen molar-refractivity contribution in [2.45, 2.75) is 0 Å². The topological polar surface area (TPSA) is 68.0 Å². The van der Waals surface area contributed by atoms with Gasteiger partial charge in [0.05, 0.1) is 0 Å². The van der Waals surface area contributed by atoms with Crippen LogP contribution in [0.25, 0.3) is 11.4 Å². The Balaban J connectivity index is 2.45. The third-order valence-electron chi connectivity index (χ3n) is 2.06. The van der Waals surface area contributed by atoms with Crippen LogP contribution in [0.15, 0.2) is 24.3 Å². The Morgan fingerprint density at radius 3 is 2.50 bits per heavy atom. The van der Waals surface area contributed by atoms with Gasteiger partial charge in [0.25, 0.3) is 0 Å². The Bertz CT molecular complexity index is 533. The number of hydrogen-bond acceptors (Lipinski definition) is 3. The summed E-state index contributed by atoms with van der Waals surface area (Å²) in [5.41, 5.74) is 0.574. The van der Waals surface area contributed by atoms with Crippen LogP contribution in [0.4, 0.5) is 4.39 Å². The molecular formula is C10H8FN3O2. The maximum absolute atomic E-state index is 12.7. The fraction of sp³-hybridized carbons (Fsp3) is 0.100. The highest BCUT2D eigenvalue weighted by atomic mass is 19.1. The Kier molecular flexibility index (Phi) is 2.40. The van der Waals surface area contributed by atoms with Crippen LogP contribution < -0.4 is 0 Å². The Hall–Kier alpha value is -2.24. The normalized spacial score (nSPS) is 10.4. The molecule has 0 spiro atoms. The smallest absolute Gasteiger partial charge is 0.373 e. The van der Waals surface area contributed by atoms with Crippen molar-refractivity contribution in [3.8, 4) is 11.4 Å². The summed E-state index contributed by atoms with van der Waals surface area (Å²) < 4.78 is 13.8. The zero-order valence-corrected chi connectivity index (χ0v) is 8.38. The molecule has 0 amide bonds. The molecule has 0 unspecified atom stereocenters. The summed E-state index contributed by atoms with van der Waals surface area (Å²) in [7, 11) is 1.49. The molecule has 16 heavy (non-hydrogen) atoms. The number of hydrogen-bond donors (Lipinski definition) is 1. The van der Waals surface area contributed by atoms with Crippen molar-refractivity contribution < 1.29 is 14.3 Å². The molecule has 1 N–H and O–H groups in total. The Morgan fingerprint density at radius 1 is 1.38 bits per heavy atom. The van der Waals surface area contributed by atoms with Gasteiger partial charge in [-0.1, -0.05) is 0 Å². The lowest BCUT2D eigenvalue weighted by Gasteiger charge is -1.93. The number of carboxylic acid groups (broad SMARTS) is 1. The number of benzene rings is 1. The fourth-order valence-corrected chi connectivity index (χ4v) is 1.29. The van der Waals surface area contributed by atoms with Crippen molar-refractivity contribution in [3.05, 3.63) is 35.9 Å². The minimum atomic E-state index is -1.15. The van der Waals surface area contributed by atoms with Crippen LogP contribution in [0.5, 0.6) is 0 Å². The molecule has 6 heteroatoms. The minimum Gasteiger partial charge on any atom is -0.475 e. The van der Waals surface area contributed by atoms with E-state index in [1.54, 1.807) is 0 Å². The number of aromatic carboxylic acids is 1. The highest BCUT2D eigenvalue weighted by Gasteiger charge is 2.14. The number of halogens is 1. The molecule has 0 aliphatic carbocycles. The lowest BCUT2D eigenvalue weighted by atomic mass is 10.2. The van der Waals surface area contributed by atoms with Crippen LogP contribution in [-0.4, -0.2) is 25.8 Å². The van der Waals surface area contributed by atoms with Crippen LogP contribution in [0.2, 0.25) is 0 Å². The molecule has 0 bridgehead atoms. The standard InChI is InChI=1S/C10H8FN3O2/c1-14-9(10(15)16)12-8(13-14)6-2-4-7(11)5-3-6/h2-5H,1H3,(H,15,16). The molecule has 1 aromatic carbocycles. The summed E-state index contributed by atoms with van der Waals surface area (Å²) in [5.74, 6) is -1.40. The van der Waals surface area contributed by atoms with E-state index in [0.29, 0.717) is 5.56 Å². The van der Waals surface area contributed by atoms with E-state index in [9.17, 15) is 9.18 Å². The van der Waals surface area contributed by atoms with E-state index in [1.807, 2.05) is 0 Å². The molecule has 0 saturated heterocycles. The van der Waals surface area contributed by atoms with Crippen LogP contribution in [0.3, 0.4) is 0 Å². The monoisotopic (exact) mass is 221 g/mol. The highest BCUT2D eigenvalue weighted by Crippen LogP contribution is 2.15. The first-order valence-corrected chi connectivity index (χ1v) is 4.48. The zero-order valence-electron chi connectivity index (χ0n) is 8.38. The molecule has 2 aromatic rings. The lowest BCUT2D eigenvalue weighted by molar-refractivity contribution is 0.0678. The number of carbonyl (C=O) groups is 1. The van der Waals surface area contributed by atoms with E-state index in [4.69, 9.17) is 5.11 Å². The van der Waals surface area contributed by atoms with Gasteiger partial charge in [-0.2, -0.15) is 5.10 Å². The maximum Gasteiger partial charge on any atom is 0.373 e. The molecular weight excluding hydrogens is 213 g/mol. The van der Waals surface area contributed by atoms with Crippen LogP contribution in [0, 0.1) is 5.82 Å². The Morgan fingerprint density at radius 2 is 2.00 bits per heavy atom. The first kappa shape index (κ1) is 10.3. The van der Waals surface area contributed by atoms with Gasteiger partial charge in [-0.15, -0.1) is 0 Å². The van der Waals surface area contributed by atoms with E-state index >= 15 is 0 Å². The third kappa shape index (κ3) is 1.77. The first-order valence-electron chi connectivity index (χ1n) is 4.48. The van der Waals surface area contributed by atoms with Gasteiger partial charge in [-0.05, 0) is 24.3 Å². The fourth-order valence-electron chi connectivity index (χ4n) is 1.29. The minimum absolute atomic E-state index is 0.153. The van der Waals surface area contributed by atoms with E-state index in [0.717, 1.165) is 0 Å². The van der Waals surface area contributed by atoms with Crippen molar-refractivity contribution in [2.24, 2.45) is 7.05 Å². The highest BCUT2D eigenvalue weighted by molar-refractivity contribution is 5.84. The molecule has 2 rings (SSSR count). The molecule has 0 aliphatic heterocycles. The summed E-state index contributed by atoms with van der Waals surface area (Å²) in [6, 6.07) is 5.53. The van der Waals surface area contributed by atoms with Gasteiger partial charge in [0, 0.05) is 12.6 Å². The SMILES string of the molecule is Cn1nc(-c2ccc(F)cc2)nc1C(=O)O. The number of aryl methyl sites for hydroxylation is 1. The quantitative estimate of drug-likeness (QED) is 0.830. The Labute approximate surface area is 90.2 Å². The van der Waals surface area contributed by atoms with Crippen molar-refractivity contribution in [1.82, 2.24) is 14.8 Å². The molecule has 1 aromatic heterocycles. The molecule has 1 heterocycles. The van der Waals surface area contributed by atoms with Crippen molar-refractivity contribution >= 4 is 5.97 Å². The average Bonchev–Trinajstić information content (AvgIpc) is 2.61. The molecule has 0 atom stereocenters. The van der Waals surface area contributed by atoms with E-state index in [2.05, 4.69) is 10.1 Å². The predicted octanol–water partition coefficient (Wildman–Crippen LogP) is 1.32. The van der Waals surface area contributed by atoms with Gasteiger partial charge in [-0.3, -0.25) is 0 Å². The molecule has 0 fully saturated rings. The lowest BCUT2D eigenvalue weighted by Crippen LogP contribution is -2.06. The van der Waals surface area contributed by atoms with Crippen LogP contribution in [0.1, 0.15) is 10.6 Å². The van der Waals surface area contributed by atoms with Crippen molar-refractivity contribution in [1.29, 1.82) is 0 Å². The summed E-state index contributed by atoms with van der Waals surface area (Å²) in [5, 5.41) is 12.7. The van der Waals surface area contributed by atoms with Gasteiger partial charge < -0.3 is 5.11 Å². The zero-order chi connectivity index (χ0) is 11.7. The van der Waals surface area contributed by atoms with Crippen LogP contribution >= 0.6 is 0 Å². The average molecular weight is 221 g/mol. The molecule has 0 saturated carbocycles. The molecule has 0 radical (unpaired) electrons. The second-order valence-electron chi connectivity index (χ2n) is 3.19. The van der Waals surface area contributed by atoms with Gasteiger partial charge in [0.15, 0.2) is 5.82 Å². The number of aromatic nitrogens is 3. The van der Waals surface area contributed by atoms with E-state index < -0.39 is 5.97 Å². The van der Waals surface area contributed by atoms with Crippen LogP contribution in [-0.2, 0) is 7.05 Å². The number of rotatable bonds is 2. The van der Waals surface area contributed by atoms with E-state index in [-0.39, 0.29) is 17.5 Å². The van der Waals surface area contributed by atoms with Crippen molar-refractivity contribution in [2.75, 3.05) is 0 Å². The third-order valence-corrected chi connectivity index (χ3v) is 2.06. The summed E-state index contributed by atoms with van der Waals surface area (Å²) >= 11 is 0. The predicted molar refractivity (Wildman–Crippen MR) is 53.4 cm³/mol. The molecule has 0 aliphatic rings.